The van der Waals surface area contributed by atoms with Crippen molar-refractivity contribution >= 4 is 11.6 Å². The lowest BCUT2D eigenvalue weighted by molar-refractivity contribution is -0.387. The molecule has 0 atom stereocenters. The number of nitriles is 1. The number of nitro groups is 1. The molecule has 1 N–H and O–H groups in total. The molecule has 7 heteroatoms. The number of carbonyl (C=O) groups excluding carboxylic acids is 1. The maximum Gasteiger partial charge on any atom is 0.305 e. The van der Waals surface area contributed by atoms with Crippen LogP contribution in [0.5, 0.6) is 0 Å². The van der Waals surface area contributed by atoms with Gasteiger partial charge in [0, 0.05) is 11.6 Å². The smallest absolute Gasteiger partial charge is 0.305 e. The van der Waals surface area contributed by atoms with Gasteiger partial charge in [0.15, 0.2) is 0 Å². The number of halogens is 1. The number of benzene rings is 1. The Kier molecular flexibility index (Phi) is 4.17. The van der Waals surface area contributed by atoms with Gasteiger partial charge in [0.05, 0.1) is 11.0 Å². The van der Waals surface area contributed by atoms with E-state index in [0.29, 0.717) is 12.8 Å². The van der Waals surface area contributed by atoms with Crippen LogP contribution in [0.2, 0.25) is 0 Å². The van der Waals surface area contributed by atoms with Crippen molar-refractivity contribution in [3.8, 4) is 6.07 Å². The highest BCUT2D eigenvalue weighted by Crippen LogP contribution is 2.28. The molecule has 1 fully saturated rings. The molecule has 2 rings (SSSR count). The van der Waals surface area contributed by atoms with Crippen LogP contribution in [-0.4, -0.2) is 16.4 Å². The molecule has 1 aliphatic carbocycles. The van der Waals surface area contributed by atoms with Gasteiger partial charge in [-0.25, -0.2) is 0 Å². The van der Waals surface area contributed by atoms with Gasteiger partial charge in [-0.05, 0) is 25.0 Å². The molecule has 0 radical (unpaired) electrons. The topological polar surface area (TPSA) is 96.0 Å². The monoisotopic (exact) mass is 291 g/mol. The quantitative estimate of drug-likeness (QED) is 0.684. The molecule has 1 aromatic rings. The molecular weight excluding hydrogens is 277 g/mol. The largest absolute Gasteiger partial charge is 0.334 e. The van der Waals surface area contributed by atoms with Crippen LogP contribution < -0.4 is 5.32 Å². The van der Waals surface area contributed by atoms with E-state index >= 15 is 0 Å². The third-order valence-electron chi connectivity index (χ3n) is 3.68. The van der Waals surface area contributed by atoms with Gasteiger partial charge < -0.3 is 5.32 Å². The van der Waals surface area contributed by atoms with Crippen molar-refractivity contribution in [3.63, 3.8) is 0 Å². The lowest BCUT2D eigenvalue weighted by Crippen LogP contribution is -2.48. The first-order valence-corrected chi connectivity index (χ1v) is 6.65. The number of carbonyl (C=O) groups is 1. The highest BCUT2D eigenvalue weighted by molar-refractivity contribution is 5.95. The van der Waals surface area contributed by atoms with E-state index in [0.717, 1.165) is 31.4 Å². The summed E-state index contributed by atoms with van der Waals surface area (Å²) in [6.45, 7) is 0. The van der Waals surface area contributed by atoms with Crippen molar-refractivity contribution in [2.24, 2.45) is 0 Å². The Morgan fingerprint density at radius 3 is 2.62 bits per heavy atom. The maximum atomic E-state index is 13.3. The summed E-state index contributed by atoms with van der Waals surface area (Å²) in [6, 6.07) is 5.07. The molecular formula is C14H14FN3O3. The van der Waals surface area contributed by atoms with E-state index in [4.69, 9.17) is 0 Å². The molecule has 0 heterocycles. The predicted molar refractivity (Wildman–Crippen MR) is 71.9 cm³/mol. The molecule has 1 aromatic carbocycles. The van der Waals surface area contributed by atoms with Crippen molar-refractivity contribution in [1.29, 1.82) is 5.26 Å². The van der Waals surface area contributed by atoms with Gasteiger partial charge in [-0.3, -0.25) is 14.9 Å². The molecule has 21 heavy (non-hydrogen) atoms. The molecule has 1 amide bonds. The van der Waals surface area contributed by atoms with E-state index in [9.17, 15) is 24.6 Å². The second-order valence-corrected chi connectivity index (χ2v) is 5.13. The molecule has 0 unspecified atom stereocenters. The van der Waals surface area contributed by atoms with Crippen LogP contribution in [0.25, 0.3) is 0 Å². The summed E-state index contributed by atoms with van der Waals surface area (Å²) in [4.78, 5) is 22.0. The third-order valence-corrected chi connectivity index (χ3v) is 3.68. The zero-order chi connectivity index (χ0) is 15.5. The van der Waals surface area contributed by atoms with E-state index in [-0.39, 0.29) is 5.56 Å². The van der Waals surface area contributed by atoms with E-state index in [1.807, 2.05) is 0 Å². The van der Waals surface area contributed by atoms with Crippen LogP contribution >= 0.6 is 0 Å². The Bertz CT molecular complexity index is 618. The summed E-state index contributed by atoms with van der Waals surface area (Å²) < 4.78 is 13.3. The number of nitro benzene ring substituents is 1. The second-order valence-electron chi connectivity index (χ2n) is 5.13. The van der Waals surface area contributed by atoms with E-state index in [1.54, 1.807) is 0 Å². The molecule has 110 valence electrons. The number of nitrogens with zero attached hydrogens (tertiary/aromatic N) is 2. The van der Waals surface area contributed by atoms with Crippen LogP contribution in [0.15, 0.2) is 18.2 Å². The Morgan fingerprint density at radius 2 is 2.05 bits per heavy atom. The normalized spacial score (nSPS) is 16.8. The maximum absolute atomic E-state index is 13.3. The highest BCUT2D eigenvalue weighted by atomic mass is 19.1. The zero-order valence-corrected chi connectivity index (χ0v) is 11.3. The summed E-state index contributed by atoms with van der Waals surface area (Å²) in [5, 5.41) is 22.6. The molecule has 6 nitrogen and oxygen atoms in total. The van der Waals surface area contributed by atoms with Gasteiger partial charge in [0.1, 0.15) is 5.54 Å². The fraction of sp³-hybridized carbons (Fsp3) is 0.429. The van der Waals surface area contributed by atoms with Crippen LogP contribution in [0, 0.1) is 27.3 Å². The zero-order valence-electron chi connectivity index (χ0n) is 11.3. The molecule has 0 bridgehead atoms. The number of hydrogen-bond acceptors (Lipinski definition) is 4. The Hall–Kier alpha value is -2.49. The molecule has 0 aromatic heterocycles. The summed E-state index contributed by atoms with van der Waals surface area (Å²) in [6.07, 6.45) is 3.81. The van der Waals surface area contributed by atoms with Crippen molar-refractivity contribution < 1.29 is 14.1 Å². The Balaban J connectivity index is 2.22. The van der Waals surface area contributed by atoms with Crippen molar-refractivity contribution in [3.05, 3.63) is 39.7 Å². The van der Waals surface area contributed by atoms with Crippen molar-refractivity contribution in [1.82, 2.24) is 5.32 Å². The molecule has 0 aliphatic heterocycles. The van der Waals surface area contributed by atoms with Crippen LogP contribution in [0.4, 0.5) is 10.1 Å². The third kappa shape index (κ3) is 3.16. The van der Waals surface area contributed by atoms with Gasteiger partial charge in [0.2, 0.25) is 5.82 Å². The van der Waals surface area contributed by atoms with Crippen LogP contribution in [-0.2, 0) is 0 Å². The number of amides is 1. The lowest BCUT2D eigenvalue weighted by atomic mass is 9.82. The Morgan fingerprint density at radius 1 is 1.38 bits per heavy atom. The second kappa shape index (κ2) is 5.87. The standard InChI is InChI=1S/C14H14FN3O3/c15-11-5-4-10(8-12(11)18(20)21)13(19)17-14(9-16)6-2-1-3-7-14/h4-5,8H,1-3,6-7H2,(H,17,19). The fourth-order valence-electron chi connectivity index (χ4n) is 2.50. The average Bonchev–Trinajstić information content (AvgIpc) is 2.48. The summed E-state index contributed by atoms with van der Waals surface area (Å²) in [5.74, 6) is -1.59. The molecule has 0 saturated heterocycles. The highest BCUT2D eigenvalue weighted by Gasteiger charge is 2.34. The average molecular weight is 291 g/mol. The van der Waals surface area contributed by atoms with Gasteiger partial charge in [0.25, 0.3) is 5.91 Å². The first-order chi connectivity index (χ1) is 9.97. The van der Waals surface area contributed by atoms with Crippen molar-refractivity contribution in [2.45, 2.75) is 37.6 Å². The van der Waals surface area contributed by atoms with E-state index in [1.165, 1.54) is 6.07 Å². The first kappa shape index (κ1) is 14.9. The lowest BCUT2D eigenvalue weighted by Gasteiger charge is -2.31. The minimum atomic E-state index is -0.996. The molecule has 1 aliphatic rings. The van der Waals surface area contributed by atoms with Crippen molar-refractivity contribution in [2.75, 3.05) is 0 Å². The van der Waals surface area contributed by atoms with Gasteiger partial charge in [-0.15, -0.1) is 0 Å². The minimum absolute atomic E-state index is 0.0247. The van der Waals surface area contributed by atoms with E-state index < -0.39 is 27.9 Å². The summed E-state index contributed by atoms with van der Waals surface area (Å²) >= 11 is 0. The van der Waals surface area contributed by atoms with Crippen LogP contribution in [0.1, 0.15) is 42.5 Å². The fourth-order valence-corrected chi connectivity index (χ4v) is 2.50. The van der Waals surface area contributed by atoms with Gasteiger partial charge in [-0.2, -0.15) is 9.65 Å². The minimum Gasteiger partial charge on any atom is -0.334 e. The number of hydrogen-bond donors (Lipinski definition) is 1. The Labute approximate surface area is 120 Å². The summed E-state index contributed by atoms with van der Waals surface area (Å²) in [7, 11) is 0. The molecule has 1 saturated carbocycles. The SMILES string of the molecule is N#CC1(NC(=O)c2ccc(F)c([N+](=O)[O-])c2)CCCCC1. The number of nitrogens with one attached hydrogen (secondary N) is 1. The first-order valence-electron chi connectivity index (χ1n) is 6.65. The van der Waals surface area contributed by atoms with Gasteiger partial charge >= 0.3 is 5.69 Å². The van der Waals surface area contributed by atoms with Gasteiger partial charge in [-0.1, -0.05) is 19.3 Å². The number of rotatable bonds is 3. The predicted octanol–water partition coefficient (Wildman–Crippen LogP) is 2.69. The van der Waals surface area contributed by atoms with E-state index in [2.05, 4.69) is 11.4 Å². The van der Waals surface area contributed by atoms with Crippen LogP contribution in [0.3, 0.4) is 0 Å². The molecule has 0 spiro atoms. The summed E-state index contributed by atoms with van der Waals surface area (Å²) in [5.41, 5.74) is -1.71.